The van der Waals surface area contributed by atoms with Crippen LogP contribution in [0.5, 0.6) is 5.75 Å². The van der Waals surface area contributed by atoms with Gasteiger partial charge in [-0.1, -0.05) is 37.3 Å². The van der Waals surface area contributed by atoms with Crippen LogP contribution < -0.4 is 10.1 Å². The zero-order valence-electron chi connectivity index (χ0n) is 14.9. The first-order valence-electron chi connectivity index (χ1n) is 8.58. The minimum absolute atomic E-state index is 0.0848. The number of nitrogens with one attached hydrogen (secondary N) is 1. The number of methoxy groups -OCH3 is 1. The number of rotatable bonds is 6. The lowest BCUT2D eigenvalue weighted by Gasteiger charge is -2.10. The molecule has 1 aromatic heterocycles. The molecule has 0 saturated carbocycles. The smallest absolute Gasteiger partial charge is 0.230 e. The number of anilines is 1. The lowest BCUT2D eigenvalue weighted by atomic mass is 10.1. The Labute approximate surface area is 153 Å². The zero-order valence-corrected chi connectivity index (χ0v) is 14.9. The second-order valence-corrected chi connectivity index (χ2v) is 5.85. The van der Waals surface area contributed by atoms with Crippen LogP contribution in [0.1, 0.15) is 19.8 Å². The number of hydrogen-bond donors (Lipinski definition) is 1. The summed E-state index contributed by atoms with van der Waals surface area (Å²) in [4.78, 5) is 21.0. The van der Waals surface area contributed by atoms with Gasteiger partial charge >= 0.3 is 0 Å². The fourth-order valence-corrected chi connectivity index (χ4v) is 2.58. The summed E-state index contributed by atoms with van der Waals surface area (Å²) in [5.74, 6) is 1.01. The summed E-state index contributed by atoms with van der Waals surface area (Å²) in [6.07, 6.45) is 1.21. The van der Waals surface area contributed by atoms with Crippen molar-refractivity contribution in [1.82, 2.24) is 9.97 Å². The normalized spacial score (nSPS) is 10.4. The van der Waals surface area contributed by atoms with E-state index in [2.05, 4.69) is 15.3 Å². The first kappa shape index (κ1) is 17.6. The van der Waals surface area contributed by atoms with Crippen molar-refractivity contribution in [2.24, 2.45) is 0 Å². The summed E-state index contributed by atoms with van der Waals surface area (Å²) >= 11 is 0. The maximum Gasteiger partial charge on any atom is 0.230 e. The molecule has 2 aromatic carbocycles. The Balaban J connectivity index is 2.03. The van der Waals surface area contributed by atoms with Gasteiger partial charge < -0.3 is 4.74 Å². The van der Waals surface area contributed by atoms with Crippen molar-refractivity contribution in [3.8, 4) is 28.3 Å². The van der Waals surface area contributed by atoms with E-state index in [4.69, 9.17) is 4.74 Å². The molecule has 1 amide bonds. The van der Waals surface area contributed by atoms with Gasteiger partial charge in [0.1, 0.15) is 5.75 Å². The molecule has 0 fully saturated rings. The molecule has 0 radical (unpaired) electrons. The molecule has 0 bridgehead atoms. The van der Waals surface area contributed by atoms with Gasteiger partial charge in [-0.2, -0.15) is 0 Å². The third-order valence-corrected chi connectivity index (χ3v) is 3.91. The molecule has 1 heterocycles. The lowest BCUT2D eigenvalue weighted by molar-refractivity contribution is -0.116. The van der Waals surface area contributed by atoms with E-state index in [0.717, 1.165) is 34.7 Å². The molecule has 0 aliphatic heterocycles. The quantitative estimate of drug-likeness (QED) is 0.710. The van der Waals surface area contributed by atoms with Crippen molar-refractivity contribution in [2.75, 3.05) is 12.4 Å². The molecular formula is C21H21N3O2. The second-order valence-electron chi connectivity index (χ2n) is 5.85. The largest absolute Gasteiger partial charge is 0.497 e. The van der Waals surface area contributed by atoms with Gasteiger partial charge in [0.15, 0.2) is 0 Å². The van der Waals surface area contributed by atoms with Crippen molar-refractivity contribution >= 4 is 11.9 Å². The maximum absolute atomic E-state index is 12.0. The molecule has 3 rings (SSSR count). The zero-order chi connectivity index (χ0) is 18.4. The molecule has 0 aliphatic carbocycles. The van der Waals surface area contributed by atoms with Gasteiger partial charge in [-0.15, -0.1) is 0 Å². The van der Waals surface area contributed by atoms with E-state index in [1.54, 1.807) is 7.11 Å². The molecule has 0 atom stereocenters. The second kappa shape index (κ2) is 8.25. The Bertz CT molecular complexity index is 878. The fourth-order valence-electron chi connectivity index (χ4n) is 2.58. The van der Waals surface area contributed by atoms with Gasteiger partial charge in [0, 0.05) is 17.5 Å². The molecule has 0 saturated heterocycles. The van der Waals surface area contributed by atoms with E-state index in [-0.39, 0.29) is 5.91 Å². The lowest BCUT2D eigenvalue weighted by Crippen LogP contribution is -2.13. The van der Waals surface area contributed by atoms with Gasteiger partial charge in [0.05, 0.1) is 18.5 Å². The predicted octanol–water partition coefficient (Wildman–Crippen LogP) is 4.56. The highest BCUT2D eigenvalue weighted by molar-refractivity contribution is 5.89. The average molecular weight is 347 g/mol. The third kappa shape index (κ3) is 4.25. The highest BCUT2D eigenvalue weighted by atomic mass is 16.5. The van der Waals surface area contributed by atoms with Crippen LogP contribution in [-0.4, -0.2) is 23.0 Å². The molecule has 0 unspecified atom stereocenters. The van der Waals surface area contributed by atoms with E-state index in [9.17, 15) is 4.79 Å². The van der Waals surface area contributed by atoms with Gasteiger partial charge in [-0.3, -0.25) is 10.1 Å². The van der Waals surface area contributed by atoms with Crippen LogP contribution in [0.3, 0.4) is 0 Å². The van der Waals surface area contributed by atoms with Crippen LogP contribution in [0.4, 0.5) is 5.95 Å². The third-order valence-electron chi connectivity index (χ3n) is 3.91. The van der Waals surface area contributed by atoms with Crippen molar-refractivity contribution in [2.45, 2.75) is 19.8 Å². The monoisotopic (exact) mass is 347 g/mol. The SMILES string of the molecule is CCCC(=O)Nc1nc(-c2ccccc2)cc(-c2ccc(OC)cc2)n1. The Morgan fingerprint density at radius 3 is 2.15 bits per heavy atom. The number of carbonyl (C=O) groups excluding carboxylic acids is 1. The standard InChI is InChI=1S/C21H21N3O2/c1-3-7-20(25)24-21-22-18(15-8-5-4-6-9-15)14-19(23-21)16-10-12-17(26-2)13-11-16/h4-6,8-14H,3,7H2,1-2H3,(H,22,23,24,25). The van der Waals surface area contributed by atoms with Crippen molar-refractivity contribution in [3.63, 3.8) is 0 Å². The van der Waals surface area contributed by atoms with Crippen LogP contribution in [0.2, 0.25) is 0 Å². The Hall–Kier alpha value is -3.21. The van der Waals surface area contributed by atoms with Gasteiger partial charge in [-0.05, 0) is 36.8 Å². The number of benzene rings is 2. The van der Waals surface area contributed by atoms with Crippen LogP contribution in [0.25, 0.3) is 22.5 Å². The minimum Gasteiger partial charge on any atom is -0.497 e. The number of nitrogens with zero attached hydrogens (tertiary/aromatic N) is 2. The summed E-state index contributed by atoms with van der Waals surface area (Å²) in [6.45, 7) is 1.96. The highest BCUT2D eigenvalue weighted by Gasteiger charge is 2.11. The highest BCUT2D eigenvalue weighted by Crippen LogP contribution is 2.26. The number of carbonyl (C=O) groups is 1. The van der Waals surface area contributed by atoms with Crippen molar-refractivity contribution < 1.29 is 9.53 Å². The average Bonchev–Trinajstić information content (AvgIpc) is 2.68. The molecule has 3 aromatic rings. The minimum atomic E-state index is -0.0848. The predicted molar refractivity (Wildman–Crippen MR) is 103 cm³/mol. The van der Waals surface area contributed by atoms with Crippen molar-refractivity contribution in [1.29, 1.82) is 0 Å². The van der Waals surface area contributed by atoms with Crippen LogP contribution in [0.15, 0.2) is 60.7 Å². The number of hydrogen-bond acceptors (Lipinski definition) is 4. The van der Waals surface area contributed by atoms with E-state index >= 15 is 0 Å². The van der Waals surface area contributed by atoms with Crippen LogP contribution >= 0.6 is 0 Å². The molecule has 5 nitrogen and oxygen atoms in total. The summed E-state index contributed by atoms with van der Waals surface area (Å²) < 4.78 is 5.21. The molecule has 26 heavy (non-hydrogen) atoms. The molecule has 5 heteroatoms. The number of amides is 1. The maximum atomic E-state index is 12.0. The first-order valence-corrected chi connectivity index (χ1v) is 8.58. The summed E-state index contributed by atoms with van der Waals surface area (Å²) in [6, 6.07) is 19.4. The first-order chi connectivity index (χ1) is 12.7. The Morgan fingerprint density at radius 2 is 1.58 bits per heavy atom. The van der Waals surface area contributed by atoms with Crippen LogP contribution in [0, 0.1) is 0 Å². The van der Waals surface area contributed by atoms with Gasteiger partial charge in [0.25, 0.3) is 0 Å². The van der Waals surface area contributed by atoms with Gasteiger partial charge in [-0.25, -0.2) is 9.97 Å². The number of aromatic nitrogens is 2. The topological polar surface area (TPSA) is 64.1 Å². The molecule has 0 aliphatic rings. The van der Waals surface area contributed by atoms with Gasteiger partial charge in [0.2, 0.25) is 11.9 Å². The molecule has 132 valence electrons. The Morgan fingerprint density at radius 1 is 0.962 bits per heavy atom. The molecule has 0 spiro atoms. The Kier molecular flexibility index (Phi) is 5.59. The number of ether oxygens (including phenoxy) is 1. The summed E-state index contributed by atoms with van der Waals surface area (Å²) in [5.41, 5.74) is 3.40. The fraction of sp³-hybridized carbons (Fsp3) is 0.190. The summed E-state index contributed by atoms with van der Waals surface area (Å²) in [5, 5.41) is 2.80. The van der Waals surface area contributed by atoms with Crippen molar-refractivity contribution in [3.05, 3.63) is 60.7 Å². The van der Waals surface area contributed by atoms with E-state index in [0.29, 0.717) is 12.4 Å². The van der Waals surface area contributed by atoms with E-state index < -0.39 is 0 Å². The molecule has 1 N–H and O–H groups in total. The van der Waals surface area contributed by atoms with E-state index in [1.807, 2.05) is 67.6 Å². The molecular weight excluding hydrogens is 326 g/mol. The van der Waals surface area contributed by atoms with Crippen LogP contribution in [-0.2, 0) is 4.79 Å². The van der Waals surface area contributed by atoms with E-state index in [1.165, 1.54) is 0 Å². The summed E-state index contributed by atoms with van der Waals surface area (Å²) in [7, 11) is 1.63.